The summed E-state index contributed by atoms with van der Waals surface area (Å²) in [6, 6.07) is 0. The van der Waals surface area contributed by atoms with Gasteiger partial charge in [0.2, 0.25) is 0 Å². The van der Waals surface area contributed by atoms with Crippen LogP contribution in [0, 0.1) is 0 Å². The number of hydrogen-bond donors (Lipinski definition) is 0. The van der Waals surface area contributed by atoms with E-state index in [1.165, 1.54) is 165 Å². The van der Waals surface area contributed by atoms with Gasteiger partial charge in [0, 0.05) is 10.7 Å². The minimum absolute atomic E-state index is 0.344. The average molecular weight is 741 g/mol. The van der Waals surface area contributed by atoms with Gasteiger partial charge in [-0.25, -0.2) is 0 Å². The zero-order valence-corrected chi connectivity index (χ0v) is 34.7. The van der Waals surface area contributed by atoms with E-state index in [-0.39, 0.29) is 0 Å². The van der Waals surface area contributed by atoms with E-state index >= 15 is 0 Å². The van der Waals surface area contributed by atoms with Crippen molar-refractivity contribution in [3.8, 4) is 0 Å². The average Bonchev–Trinajstić information content (AvgIpc) is 2.89. The van der Waals surface area contributed by atoms with E-state index in [4.69, 9.17) is 4.12 Å². The van der Waals surface area contributed by atoms with Gasteiger partial charge in [-0.15, -0.1) is 0 Å². The molecule has 0 rings (SSSR count). The van der Waals surface area contributed by atoms with Gasteiger partial charge in [-0.05, 0) is 61.9 Å². The molecule has 41 heavy (non-hydrogen) atoms. The second-order valence-electron chi connectivity index (χ2n) is 15.5. The molecule has 0 fully saturated rings. The molecule has 0 saturated carbocycles. The van der Waals surface area contributed by atoms with Crippen LogP contribution in [0.4, 0.5) is 0 Å². The highest BCUT2D eigenvalue weighted by atomic mass is 79.9. The lowest BCUT2D eigenvalue weighted by Gasteiger charge is -2.49. The number of alkyl halides is 2. The van der Waals surface area contributed by atoms with Crippen LogP contribution in [-0.4, -0.2) is 27.3 Å². The lowest BCUT2D eigenvalue weighted by Crippen LogP contribution is -2.55. The van der Waals surface area contributed by atoms with E-state index in [1.807, 2.05) is 0 Å². The van der Waals surface area contributed by atoms with Gasteiger partial charge in [0.1, 0.15) is 0 Å². The van der Waals surface area contributed by atoms with Crippen molar-refractivity contribution >= 4 is 48.5 Å². The van der Waals surface area contributed by atoms with Crippen molar-refractivity contribution < 1.29 is 4.12 Å². The molecule has 0 aliphatic heterocycles. The van der Waals surface area contributed by atoms with Gasteiger partial charge in [0.05, 0.1) is 0 Å². The Morgan fingerprint density at radius 1 is 0.366 bits per heavy atom. The Kier molecular flexibility index (Phi) is 25.4. The van der Waals surface area contributed by atoms with Crippen molar-refractivity contribution in [1.82, 2.24) is 0 Å². The molecule has 0 heterocycles. The fourth-order valence-electron chi connectivity index (χ4n) is 6.02. The van der Waals surface area contributed by atoms with Crippen molar-refractivity contribution in [2.75, 3.05) is 10.7 Å². The third-order valence-electron chi connectivity index (χ3n) is 10.6. The van der Waals surface area contributed by atoms with Crippen LogP contribution >= 0.6 is 31.9 Å². The highest BCUT2D eigenvalue weighted by Gasteiger charge is 2.49. The van der Waals surface area contributed by atoms with Crippen molar-refractivity contribution in [2.45, 2.75) is 218 Å². The molecular weight excluding hydrogens is 664 g/mol. The second kappa shape index (κ2) is 24.6. The molecule has 0 aromatic rings. The maximum Gasteiger partial charge on any atom is 0.179 e. The first-order valence-electron chi connectivity index (χ1n) is 18.1. The molecule has 0 saturated heterocycles. The Hall–Kier alpha value is 1.35. The molecule has 0 spiro atoms. The van der Waals surface area contributed by atoms with Crippen molar-refractivity contribution in [3.63, 3.8) is 0 Å². The summed E-state index contributed by atoms with van der Waals surface area (Å²) in [4.78, 5) is 0. The zero-order valence-electron chi connectivity index (χ0n) is 29.5. The largest absolute Gasteiger partial charge is 0.455 e. The van der Waals surface area contributed by atoms with Crippen LogP contribution in [0.1, 0.15) is 182 Å². The number of rotatable bonds is 30. The van der Waals surface area contributed by atoms with Gasteiger partial charge in [0.25, 0.3) is 0 Å². The zero-order chi connectivity index (χ0) is 31.1. The number of hydrogen-bond acceptors (Lipinski definition) is 1. The van der Waals surface area contributed by atoms with E-state index in [9.17, 15) is 0 Å². The second-order valence-corrected chi connectivity index (χ2v) is 26.7. The van der Waals surface area contributed by atoms with Gasteiger partial charge in [-0.3, -0.25) is 0 Å². The Morgan fingerprint density at radius 3 is 0.780 bits per heavy atom. The molecule has 5 heteroatoms. The Morgan fingerprint density at radius 2 is 0.561 bits per heavy atom. The Labute approximate surface area is 279 Å². The summed E-state index contributed by atoms with van der Waals surface area (Å²) in [5, 5.41) is 3.03. The standard InChI is InChI=1S/C36H76Br2OSi2/c1-35(2,31-27-23-19-15-11-9-13-17-21-25-29-33-37)40(5,6)39-41(7,8)36(3,4)32-28-24-20-16-12-10-14-18-22-26-30-34-38/h9-34H2,1-8H3. The molecule has 1 nitrogen and oxygen atoms in total. The molecule has 0 N–H and O–H groups in total. The smallest absolute Gasteiger partial charge is 0.179 e. The van der Waals surface area contributed by atoms with Crippen LogP contribution in [-0.2, 0) is 4.12 Å². The predicted octanol–water partition coefficient (Wildman–Crippen LogP) is 15.1. The summed E-state index contributed by atoms with van der Waals surface area (Å²) in [7, 11) is -3.61. The molecule has 0 bridgehead atoms. The molecule has 0 atom stereocenters. The summed E-state index contributed by atoms with van der Waals surface area (Å²) in [5.74, 6) is 0. The molecule has 0 aromatic heterocycles. The molecule has 248 valence electrons. The fraction of sp³-hybridized carbons (Fsp3) is 1.00. The molecule has 0 aliphatic rings. The molecule has 0 unspecified atom stereocenters. The maximum atomic E-state index is 7.34. The summed E-state index contributed by atoms with van der Waals surface area (Å²) < 4.78 is 7.34. The van der Waals surface area contributed by atoms with Crippen LogP contribution in [0.3, 0.4) is 0 Å². The van der Waals surface area contributed by atoms with Gasteiger partial charge >= 0.3 is 0 Å². The van der Waals surface area contributed by atoms with E-state index in [2.05, 4.69) is 85.7 Å². The highest BCUT2D eigenvalue weighted by Crippen LogP contribution is 2.49. The molecule has 0 aliphatic carbocycles. The quantitative estimate of drug-likeness (QED) is 0.0405. The van der Waals surface area contributed by atoms with Crippen molar-refractivity contribution in [2.24, 2.45) is 0 Å². The lowest BCUT2D eigenvalue weighted by molar-refractivity contribution is 0.396. The first kappa shape index (κ1) is 42.4. The van der Waals surface area contributed by atoms with Gasteiger partial charge < -0.3 is 4.12 Å². The van der Waals surface area contributed by atoms with Gasteiger partial charge in [-0.1, -0.05) is 188 Å². The van der Waals surface area contributed by atoms with Crippen LogP contribution in [0.25, 0.3) is 0 Å². The van der Waals surface area contributed by atoms with E-state index in [0.717, 1.165) is 0 Å². The summed E-state index contributed by atoms with van der Waals surface area (Å²) in [6.07, 6.45) is 33.9. The summed E-state index contributed by atoms with van der Waals surface area (Å²) in [5.41, 5.74) is 0. The topological polar surface area (TPSA) is 9.23 Å². The first-order valence-corrected chi connectivity index (χ1v) is 26.2. The minimum atomic E-state index is -1.80. The SMILES string of the molecule is CC(C)(CCCCCCCCCCCCCBr)[Si](C)(C)O[Si](C)(C)C(C)(C)CCCCCCCCCCCCCBr. The van der Waals surface area contributed by atoms with Gasteiger partial charge in [-0.2, -0.15) is 0 Å². The highest BCUT2D eigenvalue weighted by molar-refractivity contribution is 9.09. The normalized spacial score (nSPS) is 13.3. The maximum absolute atomic E-state index is 7.34. The van der Waals surface area contributed by atoms with Crippen molar-refractivity contribution in [3.05, 3.63) is 0 Å². The Balaban J connectivity index is 4.19. The first-order chi connectivity index (χ1) is 19.3. The van der Waals surface area contributed by atoms with Crippen LogP contribution in [0.2, 0.25) is 36.3 Å². The predicted molar refractivity (Wildman–Crippen MR) is 203 cm³/mol. The van der Waals surface area contributed by atoms with E-state index in [1.54, 1.807) is 0 Å². The molecule has 0 aromatic carbocycles. The number of halogens is 2. The van der Waals surface area contributed by atoms with Crippen molar-refractivity contribution in [1.29, 1.82) is 0 Å². The molecule has 0 radical (unpaired) electrons. The minimum Gasteiger partial charge on any atom is -0.455 e. The van der Waals surface area contributed by atoms with E-state index in [0.29, 0.717) is 10.1 Å². The monoisotopic (exact) mass is 738 g/mol. The van der Waals surface area contributed by atoms with Crippen LogP contribution in [0.15, 0.2) is 0 Å². The lowest BCUT2D eigenvalue weighted by atomic mass is 10.0. The van der Waals surface area contributed by atoms with Gasteiger partial charge in [0.15, 0.2) is 16.6 Å². The molecular formula is C36H76Br2OSi2. The van der Waals surface area contributed by atoms with E-state index < -0.39 is 16.6 Å². The summed E-state index contributed by atoms with van der Waals surface area (Å²) >= 11 is 7.07. The molecule has 0 amide bonds. The third kappa shape index (κ3) is 20.9. The third-order valence-corrected chi connectivity index (χ3v) is 22.9. The number of unbranched alkanes of at least 4 members (excludes halogenated alkanes) is 20. The summed E-state index contributed by atoms with van der Waals surface area (Å²) in [6.45, 7) is 20.2. The van der Waals surface area contributed by atoms with Crippen LogP contribution < -0.4 is 0 Å². The van der Waals surface area contributed by atoms with Crippen LogP contribution in [0.5, 0.6) is 0 Å². The Bertz CT molecular complexity index is 542. The fourth-order valence-corrected chi connectivity index (χ4v) is 15.7.